The van der Waals surface area contributed by atoms with Crippen molar-refractivity contribution < 1.29 is 42.1 Å². The second kappa shape index (κ2) is 11.1. The minimum absolute atomic E-state index is 0.0101. The van der Waals surface area contributed by atoms with E-state index in [2.05, 4.69) is 5.32 Å². The lowest BCUT2D eigenvalue weighted by Crippen LogP contribution is -2.56. The normalized spacial score (nSPS) is 23.1. The number of halogens is 3. The molecule has 0 unspecified atom stereocenters. The summed E-state index contributed by atoms with van der Waals surface area (Å²) >= 11 is 0. The number of Topliss-reactive ketones (excluding diaryl/α,β-unsaturated/α-hetero) is 1. The van der Waals surface area contributed by atoms with Gasteiger partial charge in [-0.15, -0.1) is 0 Å². The number of carbonyl (C=O) groups is 2. The highest BCUT2D eigenvalue weighted by atomic mass is 19.4. The largest absolute Gasteiger partial charge is 0.506 e. The molecule has 2 aliphatic rings. The summed E-state index contributed by atoms with van der Waals surface area (Å²) in [6, 6.07) is 13.4. The Bertz CT molecular complexity index is 1420. The van der Waals surface area contributed by atoms with Gasteiger partial charge in [0.15, 0.2) is 5.78 Å². The predicted molar refractivity (Wildman–Crippen MR) is 140 cm³/mol. The lowest BCUT2D eigenvalue weighted by atomic mass is 9.84. The number of alkyl halides is 3. The number of nitrogens with one attached hydrogen (secondary N) is 1. The molecule has 40 heavy (non-hydrogen) atoms. The number of benzene rings is 3. The third-order valence-electron chi connectivity index (χ3n) is 7.62. The van der Waals surface area contributed by atoms with Crippen molar-refractivity contribution in [1.82, 2.24) is 5.32 Å². The van der Waals surface area contributed by atoms with Crippen molar-refractivity contribution in [2.45, 2.75) is 69.7 Å². The Morgan fingerprint density at radius 3 is 2.60 bits per heavy atom. The molecule has 0 aromatic heterocycles. The second-order valence-electron chi connectivity index (χ2n) is 10.2. The number of carbonyl (C=O) groups excluding carboxylic acids is 2. The maximum Gasteiger partial charge on any atom is 0.471 e. The quantitative estimate of drug-likeness (QED) is 0.413. The van der Waals surface area contributed by atoms with Crippen LogP contribution in [-0.2, 0) is 27.3 Å². The zero-order valence-corrected chi connectivity index (χ0v) is 22.1. The van der Waals surface area contributed by atoms with Gasteiger partial charge in [0.2, 0.25) is 0 Å². The molecule has 212 valence electrons. The van der Waals surface area contributed by atoms with E-state index in [1.165, 1.54) is 7.11 Å². The van der Waals surface area contributed by atoms with E-state index in [0.717, 1.165) is 5.56 Å². The molecule has 1 saturated heterocycles. The van der Waals surface area contributed by atoms with Gasteiger partial charge in [0.1, 0.15) is 17.6 Å². The molecule has 3 aromatic carbocycles. The fourth-order valence-corrected chi connectivity index (χ4v) is 5.76. The molecule has 0 bridgehead atoms. The molecule has 1 fully saturated rings. The summed E-state index contributed by atoms with van der Waals surface area (Å²) in [5.41, 5.74) is 2.41. The lowest BCUT2D eigenvalue weighted by molar-refractivity contribution is -0.183. The number of aryl methyl sites for hydroxylation is 1. The SMILES string of the molecule is COc1ccc([C@H]2C[C@@H](NC(=O)C(F)(F)F)[C@H](OCc3ccccc3)[C@@H](C)O2)c2cc3c(c(O)c12)C(=O)CCC3. The monoisotopic (exact) mass is 557 g/mol. The van der Waals surface area contributed by atoms with Gasteiger partial charge in [0.25, 0.3) is 0 Å². The van der Waals surface area contributed by atoms with Crippen LogP contribution in [0.3, 0.4) is 0 Å². The van der Waals surface area contributed by atoms with E-state index in [9.17, 15) is 27.9 Å². The van der Waals surface area contributed by atoms with Crippen molar-refractivity contribution in [1.29, 1.82) is 0 Å². The predicted octanol–water partition coefficient (Wildman–Crippen LogP) is 5.56. The van der Waals surface area contributed by atoms with E-state index in [-0.39, 0.29) is 30.1 Å². The number of aromatic hydroxyl groups is 1. The molecule has 3 aromatic rings. The highest BCUT2D eigenvalue weighted by molar-refractivity contribution is 6.09. The summed E-state index contributed by atoms with van der Waals surface area (Å²) in [6.07, 6.45) is -5.77. The van der Waals surface area contributed by atoms with Crippen LogP contribution in [0.1, 0.15) is 59.3 Å². The van der Waals surface area contributed by atoms with Crippen LogP contribution >= 0.6 is 0 Å². The first-order valence-electron chi connectivity index (χ1n) is 13.2. The number of hydrogen-bond acceptors (Lipinski definition) is 6. The number of ether oxygens (including phenoxy) is 3. The number of ketones is 1. The fraction of sp³-hybridized carbons (Fsp3) is 0.400. The Morgan fingerprint density at radius 2 is 1.90 bits per heavy atom. The summed E-state index contributed by atoms with van der Waals surface area (Å²) in [6.45, 7) is 1.82. The molecule has 10 heteroatoms. The molecular formula is C30H30F3NO6. The number of hydrogen-bond donors (Lipinski definition) is 2. The molecule has 1 aliphatic carbocycles. The van der Waals surface area contributed by atoms with E-state index < -0.39 is 36.4 Å². The molecule has 1 amide bonds. The van der Waals surface area contributed by atoms with Crippen LogP contribution in [0.25, 0.3) is 10.8 Å². The van der Waals surface area contributed by atoms with Crippen LogP contribution in [0, 0.1) is 0 Å². The van der Waals surface area contributed by atoms with Gasteiger partial charge in [-0.3, -0.25) is 9.59 Å². The van der Waals surface area contributed by atoms with Crippen molar-refractivity contribution in [2.24, 2.45) is 0 Å². The Kier molecular flexibility index (Phi) is 7.74. The Balaban J connectivity index is 1.52. The number of phenols is 1. The first-order chi connectivity index (χ1) is 19.1. The molecule has 4 atom stereocenters. The van der Waals surface area contributed by atoms with Crippen LogP contribution in [0.4, 0.5) is 13.2 Å². The first kappa shape index (κ1) is 27.9. The first-order valence-corrected chi connectivity index (χ1v) is 13.2. The second-order valence-corrected chi connectivity index (χ2v) is 10.2. The summed E-state index contributed by atoms with van der Waals surface area (Å²) in [5.74, 6) is -2.02. The Morgan fingerprint density at radius 1 is 1.15 bits per heavy atom. The summed E-state index contributed by atoms with van der Waals surface area (Å²) in [7, 11) is 1.45. The number of phenolic OH excluding ortho intramolecular Hbond substituents is 1. The maximum absolute atomic E-state index is 13.3. The molecule has 0 radical (unpaired) electrons. The fourth-order valence-electron chi connectivity index (χ4n) is 5.76. The van der Waals surface area contributed by atoms with Crippen LogP contribution in [0.15, 0.2) is 48.5 Å². The van der Waals surface area contributed by atoms with Crippen molar-refractivity contribution in [3.05, 3.63) is 70.8 Å². The van der Waals surface area contributed by atoms with E-state index in [1.54, 1.807) is 19.1 Å². The molecule has 5 rings (SSSR count). The lowest BCUT2D eigenvalue weighted by Gasteiger charge is -2.41. The third kappa shape index (κ3) is 5.38. The zero-order valence-electron chi connectivity index (χ0n) is 22.1. The van der Waals surface area contributed by atoms with Gasteiger partial charge in [-0.05, 0) is 54.0 Å². The summed E-state index contributed by atoms with van der Waals surface area (Å²) in [4.78, 5) is 24.7. The molecule has 1 aliphatic heterocycles. The van der Waals surface area contributed by atoms with Gasteiger partial charge in [-0.25, -0.2) is 0 Å². The molecule has 2 N–H and O–H groups in total. The minimum Gasteiger partial charge on any atom is -0.506 e. The average Bonchev–Trinajstić information content (AvgIpc) is 2.92. The van der Waals surface area contributed by atoms with E-state index in [1.807, 2.05) is 36.4 Å². The highest BCUT2D eigenvalue weighted by Gasteiger charge is 2.45. The summed E-state index contributed by atoms with van der Waals surface area (Å²) in [5, 5.41) is 14.2. The van der Waals surface area contributed by atoms with E-state index >= 15 is 0 Å². The van der Waals surface area contributed by atoms with Gasteiger partial charge in [0, 0.05) is 12.8 Å². The molecular weight excluding hydrogens is 527 g/mol. The van der Waals surface area contributed by atoms with E-state index in [4.69, 9.17) is 14.2 Å². The van der Waals surface area contributed by atoms with Gasteiger partial charge in [0.05, 0.1) is 42.9 Å². The highest BCUT2D eigenvalue weighted by Crippen LogP contribution is 2.45. The average molecular weight is 558 g/mol. The third-order valence-corrected chi connectivity index (χ3v) is 7.62. The number of amides is 1. The molecule has 7 nitrogen and oxygen atoms in total. The van der Waals surface area contributed by atoms with Gasteiger partial charge >= 0.3 is 12.1 Å². The molecule has 0 spiro atoms. The van der Waals surface area contributed by atoms with Crippen LogP contribution in [-0.4, -0.2) is 48.3 Å². The van der Waals surface area contributed by atoms with Crippen LogP contribution < -0.4 is 10.1 Å². The van der Waals surface area contributed by atoms with Crippen molar-refractivity contribution in [2.75, 3.05) is 7.11 Å². The number of methoxy groups -OCH3 is 1. The van der Waals surface area contributed by atoms with Gasteiger partial charge < -0.3 is 24.6 Å². The van der Waals surface area contributed by atoms with Gasteiger partial charge in [-0.2, -0.15) is 13.2 Å². The zero-order chi connectivity index (χ0) is 28.6. The van der Waals surface area contributed by atoms with Crippen LogP contribution in [0.5, 0.6) is 11.5 Å². The van der Waals surface area contributed by atoms with Crippen LogP contribution in [0.2, 0.25) is 0 Å². The van der Waals surface area contributed by atoms with E-state index in [0.29, 0.717) is 46.9 Å². The Labute approximate surface area is 229 Å². The number of fused-ring (bicyclic) bond motifs is 2. The topological polar surface area (TPSA) is 94.1 Å². The van der Waals surface area contributed by atoms with Crippen molar-refractivity contribution in [3.8, 4) is 11.5 Å². The Hall–Kier alpha value is -3.63. The summed E-state index contributed by atoms with van der Waals surface area (Å²) < 4.78 is 57.6. The van der Waals surface area contributed by atoms with Crippen molar-refractivity contribution >= 4 is 22.5 Å². The smallest absolute Gasteiger partial charge is 0.471 e. The molecule has 1 heterocycles. The standard InChI is InChI=1S/C30H30F3NO6/c1-16-28(39-15-17-7-4-3-5-8-17)21(34-29(37)30(31,32)33)14-24(40-16)19-11-12-23(38-2)26-20(19)13-18-9-6-10-22(35)25(18)27(26)36/h3-5,7-8,11-13,16,21,24,28,36H,6,9-10,14-15H2,1-2H3,(H,34,37)/t16-,21-,24-,28-/m1/s1. The van der Waals surface area contributed by atoms with Gasteiger partial charge in [-0.1, -0.05) is 36.4 Å². The molecule has 0 saturated carbocycles. The number of rotatable bonds is 6. The minimum atomic E-state index is -5.06. The maximum atomic E-state index is 13.3. The van der Waals surface area contributed by atoms with Crippen molar-refractivity contribution in [3.63, 3.8) is 0 Å².